The lowest BCUT2D eigenvalue weighted by atomic mass is 10.2. The van der Waals surface area contributed by atoms with E-state index in [1.807, 2.05) is 67.7 Å². The first kappa shape index (κ1) is 16.6. The van der Waals surface area contributed by atoms with Gasteiger partial charge in [0.2, 0.25) is 0 Å². The van der Waals surface area contributed by atoms with E-state index in [2.05, 4.69) is 15.7 Å². The minimum Gasteiger partial charge on any atom is -0.489 e. The fourth-order valence-corrected chi connectivity index (χ4v) is 2.29. The molecule has 6 nitrogen and oxygen atoms in total. The Morgan fingerprint density at radius 1 is 1.08 bits per heavy atom. The van der Waals surface area contributed by atoms with Crippen molar-refractivity contribution < 1.29 is 9.53 Å². The number of nitrogens with zero attached hydrogens (tertiary/aromatic N) is 2. The Hall–Kier alpha value is -3.28. The Kier molecular flexibility index (Phi) is 5.31. The molecule has 0 unspecified atom stereocenters. The first-order valence-electron chi connectivity index (χ1n) is 7.99. The third-order valence-corrected chi connectivity index (χ3v) is 3.71. The molecule has 128 valence electrons. The van der Waals surface area contributed by atoms with Gasteiger partial charge in [-0.15, -0.1) is 0 Å². The number of rotatable bonds is 6. The summed E-state index contributed by atoms with van der Waals surface area (Å²) < 4.78 is 7.42. The average molecular weight is 336 g/mol. The van der Waals surface area contributed by atoms with Gasteiger partial charge >= 0.3 is 6.03 Å². The molecule has 6 heteroatoms. The number of anilines is 1. The fourth-order valence-electron chi connectivity index (χ4n) is 2.29. The topological polar surface area (TPSA) is 68.2 Å². The molecule has 0 saturated carbocycles. The highest BCUT2D eigenvalue weighted by Crippen LogP contribution is 2.14. The number of carbonyl (C=O) groups is 1. The first-order valence-corrected chi connectivity index (χ1v) is 7.99. The average Bonchev–Trinajstić information content (AvgIpc) is 3.05. The molecule has 0 aliphatic heterocycles. The summed E-state index contributed by atoms with van der Waals surface area (Å²) >= 11 is 0. The van der Waals surface area contributed by atoms with Gasteiger partial charge in [0.25, 0.3) is 0 Å². The van der Waals surface area contributed by atoms with E-state index in [4.69, 9.17) is 4.74 Å². The zero-order valence-electron chi connectivity index (χ0n) is 14.0. The molecule has 1 aromatic heterocycles. The van der Waals surface area contributed by atoms with Gasteiger partial charge in [-0.1, -0.05) is 30.3 Å². The third-order valence-electron chi connectivity index (χ3n) is 3.71. The van der Waals surface area contributed by atoms with Crippen molar-refractivity contribution >= 4 is 11.7 Å². The van der Waals surface area contributed by atoms with Crippen LogP contribution in [0.25, 0.3) is 0 Å². The highest BCUT2D eigenvalue weighted by molar-refractivity contribution is 5.89. The van der Waals surface area contributed by atoms with Crippen LogP contribution in [0.1, 0.15) is 11.3 Å². The zero-order valence-corrected chi connectivity index (χ0v) is 14.0. The lowest BCUT2D eigenvalue weighted by Crippen LogP contribution is -2.28. The second-order valence-corrected chi connectivity index (χ2v) is 5.55. The van der Waals surface area contributed by atoms with Crippen LogP contribution in [0.5, 0.6) is 5.75 Å². The predicted molar refractivity (Wildman–Crippen MR) is 96.3 cm³/mol. The van der Waals surface area contributed by atoms with Gasteiger partial charge < -0.3 is 15.4 Å². The Labute approximate surface area is 146 Å². The number of carbonyl (C=O) groups excluding carboxylic acids is 1. The lowest BCUT2D eigenvalue weighted by Gasteiger charge is -2.09. The van der Waals surface area contributed by atoms with Gasteiger partial charge in [-0.3, -0.25) is 4.68 Å². The van der Waals surface area contributed by atoms with Crippen LogP contribution in [-0.2, 0) is 20.2 Å². The van der Waals surface area contributed by atoms with Crippen LogP contribution >= 0.6 is 0 Å². The van der Waals surface area contributed by atoms with Crippen LogP contribution in [0.15, 0.2) is 66.9 Å². The fraction of sp³-hybridized carbons (Fsp3) is 0.158. The number of benzene rings is 2. The first-order chi connectivity index (χ1) is 12.2. The van der Waals surface area contributed by atoms with Crippen molar-refractivity contribution in [3.05, 3.63) is 78.1 Å². The molecule has 0 fully saturated rings. The van der Waals surface area contributed by atoms with E-state index >= 15 is 0 Å². The molecule has 3 rings (SSSR count). The van der Waals surface area contributed by atoms with Crippen LogP contribution in [0.4, 0.5) is 10.5 Å². The number of ether oxygens (including phenoxy) is 1. The number of urea groups is 1. The standard InChI is InChI=1S/C19H20N4O2/c1-23-17(11-12-21-23)13-20-19(24)22-16-9-7-15(8-10-16)14-25-18-5-3-2-4-6-18/h2-12H,13-14H2,1H3,(H2,20,22,24). The SMILES string of the molecule is Cn1nccc1CNC(=O)Nc1ccc(COc2ccccc2)cc1. The second-order valence-electron chi connectivity index (χ2n) is 5.55. The maximum absolute atomic E-state index is 11.9. The van der Waals surface area contributed by atoms with Gasteiger partial charge in [-0.2, -0.15) is 5.10 Å². The molecule has 25 heavy (non-hydrogen) atoms. The summed E-state index contributed by atoms with van der Waals surface area (Å²) in [7, 11) is 1.84. The minimum absolute atomic E-state index is 0.255. The molecule has 2 N–H and O–H groups in total. The summed E-state index contributed by atoms with van der Waals surface area (Å²) in [5, 5.41) is 9.67. The minimum atomic E-state index is -0.255. The van der Waals surface area contributed by atoms with E-state index in [-0.39, 0.29) is 6.03 Å². The van der Waals surface area contributed by atoms with Crippen molar-refractivity contribution in [1.29, 1.82) is 0 Å². The highest BCUT2D eigenvalue weighted by Gasteiger charge is 2.04. The highest BCUT2D eigenvalue weighted by atomic mass is 16.5. The maximum Gasteiger partial charge on any atom is 0.319 e. The number of hydrogen-bond donors (Lipinski definition) is 2. The molecule has 0 saturated heterocycles. The number of para-hydroxylation sites is 1. The summed E-state index contributed by atoms with van der Waals surface area (Å²) in [5.41, 5.74) is 2.69. The number of hydrogen-bond acceptors (Lipinski definition) is 3. The second kappa shape index (κ2) is 8.01. The smallest absolute Gasteiger partial charge is 0.319 e. The van der Waals surface area contributed by atoms with E-state index in [0.717, 1.165) is 22.7 Å². The van der Waals surface area contributed by atoms with Crippen molar-refractivity contribution in [3.63, 3.8) is 0 Å². The number of nitrogens with one attached hydrogen (secondary N) is 2. The molecular formula is C19H20N4O2. The van der Waals surface area contributed by atoms with Gasteiger partial charge in [-0.05, 0) is 35.9 Å². The maximum atomic E-state index is 11.9. The normalized spacial score (nSPS) is 10.3. The van der Waals surface area contributed by atoms with Crippen LogP contribution in [0.3, 0.4) is 0 Å². The van der Waals surface area contributed by atoms with Crippen LogP contribution in [0, 0.1) is 0 Å². The van der Waals surface area contributed by atoms with E-state index in [1.54, 1.807) is 10.9 Å². The summed E-state index contributed by atoms with van der Waals surface area (Å²) in [6, 6.07) is 18.8. The molecule has 0 atom stereocenters. The molecule has 0 aliphatic rings. The van der Waals surface area contributed by atoms with Gasteiger partial charge in [0.05, 0.1) is 12.2 Å². The van der Waals surface area contributed by atoms with Crippen LogP contribution in [-0.4, -0.2) is 15.8 Å². The molecule has 3 aromatic rings. The zero-order chi connectivity index (χ0) is 17.5. The van der Waals surface area contributed by atoms with Crippen LogP contribution < -0.4 is 15.4 Å². The van der Waals surface area contributed by atoms with E-state index in [1.165, 1.54) is 0 Å². The third kappa shape index (κ3) is 4.84. The Bertz CT molecular complexity index is 813. The quantitative estimate of drug-likeness (QED) is 0.725. The summed E-state index contributed by atoms with van der Waals surface area (Å²) in [6.07, 6.45) is 1.70. The van der Waals surface area contributed by atoms with Crippen molar-refractivity contribution in [2.45, 2.75) is 13.2 Å². The van der Waals surface area contributed by atoms with E-state index < -0.39 is 0 Å². The molecule has 2 amide bonds. The molecule has 0 spiro atoms. The van der Waals surface area contributed by atoms with Gasteiger partial charge in [0.1, 0.15) is 12.4 Å². The Balaban J connectivity index is 1.47. The molecule has 2 aromatic carbocycles. The summed E-state index contributed by atoms with van der Waals surface area (Å²) in [6.45, 7) is 0.905. The van der Waals surface area contributed by atoms with Crippen molar-refractivity contribution in [3.8, 4) is 5.75 Å². The molecule has 0 radical (unpaired) electrons. The lowest BCUT2D eigenvalue weighted by molar-refractivity contribution is 0.251. The molecule has 0 bridgehead atoms. The van der Waals surface area contributed by atoms with Gasteiger partial charge in [-0.25, -0.2) is 4.79 Å². The van der Waals surface area contributed by atoms with Gasteiger partial charge in [0, 0.05) is 18.9 Å². The Morgan fingerprint density at radius 2 is 1.84 bits per heavy atom. The molecule has 1 heterocycles. The van der Waals surface area contributed by atoms with E-state index in [9.17, 15) is 4.79 Å². The molecular weight excluding hydrogens is 316 g/mol. The number of aromatic nitrogens is 2. The Morgan fingerprint density at radius 3 is 2.52 bits per heavy atom. The van der Waals surface area contributed by atoms with Crippen molar-refractivity contribution in [2.75, 3.05) is 5.32 Å². The summed E-state index contributed by atoms with van der Waals surface area (Å²) in [4.78, 5) is 11.9. The number of aryl methyl sites for hydroxylation is 1. The van der Waals surface area contributed by atoms with Crippen molar-refractivity contribution in [1.82, 2.24) is 15.1 Å². The predicted octanol–water partition coefficient (Wildman–Crippen LogP) is 3.32. The molecule has 0 aliphatic carbocycles. The van der Waals surface area contributed by atoms with Crippen LogP contribution in [0.2, 0.25) is 0 Å². The monoisotopic (exact) mass is 336 g/mol. The largest absolute Gasteiger partial charge is 0.489 e. The van der Waals surface area contributed by atoms with E-state index in [0.29, 0.717) is 13.2 Å². The summed E-state index contributed by atoms with van der Waals surface area (Å²) in [5.74, 6) is 0.833. The number of amides is 2. The van der Waals surface area contributed by atoms with Gasteiger partial charge in [0.15, 0.2) is 0 Å². The van der Waals surface area contributed by atoms with Crippen molar-refractivity contribution in [2.24, 2.45) is 7.05 Å².